The van der Waals surface area contributed by atoms with E-state index < -0.39 is 11.6 Å². The molecule has 19 heavy (non-hydrogen) atoms. The Kier molecular flexibility index (Phi) is 4.62. The van der Waals surface area contributed by atoms with Crippen molar-refractivity contribution in [3.63, 3.8) is 0 Å². The lowest BCUT2D eigenvalue weighted by Gasteiger charge is -2.23. The van der Waals surface area contributed by atoms with Crippen molar-refractivity contribution in [3.05, 3.63) is 29.3 Å². The van der Waals surface area contributed by atoms with Crippen LogP contribution in [0.4, 0.5) is 14.5 Å². The third-order valence-electron chi connectivity index (χ3n) is 2.72. The molecule has 1 unspecified atom stereocenters. The monoisotopic (exact) mass is 288 g/mol. The summed E-state index contributed by atoms with van der Waals surface area (Å²) in [5.41, 5.74) is 5.28. The van der Waals surface area contributed by atoms with Crippen LogP contribution in [0.3, 0.4) is 0 Å². The van der Waals surface area contributed by atoms with Crippen molar-refractivity contribution in [2.24, 2.45) is 5.73 Å². The summed E-state index contributed by atoms with van der Waals surface area (Å²) in [6.07, 6.45) is -0.220. The molecule has 1 fully saturated rings. The maximum atomic E-state index is 13.7. The van der Waals surface area contributed by atoms with Crippen LogP contribution in [-0.2, 0) is 9.47 Å². The van der Waals surface area contributed by atoms with Gasteiger partial charge in [-0.15, -0.1) is 0 Å². The van der Waals surface area contributed by atoms with Crippen LogP contribution in [-0.4, -0.2) is 37.5 Å². The zero-order valence-corrected chi connectivity index (χ0v) is 10.9. The van der Waals surface area contributed by atoms with Gasteiger partial charge in [-0.05, 0) is 12.1 Å². The minimum absolute atomic E-state index is 0.0478. The Labute approximate surface area is 114 Å². The number of halogens is 2. The minimum Gasteiger partial charge on any atom is -0.389 e. The van der Waals surface area contributed by atoms with Crippen LogP contribution in [0.15, 0.2) is 12.1 Å². The second-order valence-electron chi connectivity index (χ2n) is 4.13. The summed E-state index contributed by atoms with van der Waals surface area (Å²) < 4.78 is 38.0. The molecule has 7 heteroatoms. The van der Waals surface area contributed by atoms with Crippen LogP contribution in [0.5, 0.6) is 0 Å². The van der Waals surface area contributed by atoms with E-state index in [-0.39, 0.29) is 28.9 Å². The van der Waals surface area contributed by atoms with Gasteiger partial charge >= 0.3 is 0 Å². The maximum Gasteiger partial charge on any atom is 0.150 e. The van der Waals surface area contributed by atoms with Gasteiger partial charge in [-0.1, -0.05) is 12.2 Å². The van der Waals surface area contributed by atoms with Gasteiger partial charge in [0.2, 0.25) is 0 Å². The first-order valence-corrected chi connectivity index (χ1v) is 6.21. The van der Waals surface area contributed by atoms with E-state index in [1.807, 2.05) is 0 Å². The topological polar surface area (TPSA) is 56.5 Å². The van der Waals surface area contributed by atoms with Gasteiger partial charge in [0.1, 0.15) is 22.3 Å². The van der Waals surface area contributed by atoms with Gasteiger partial charge < -0.3 is 20.5 Å². The van der Waals surface area contributed by atoms with Crippen molar-refractivity contribution in [1.82, 2.24) is 0 Å². The highest BCUT2D eigenvalue weighted by atomic mass is 32.1. The molecule has 0 spiro atoms. The average Bonchev–Trinajstić information content (AvgIpc) is 2.38. The van der Waals surface area contributed by atoms with Gasteiger partial charge in [0.15, 0.2) is 0 Å². The lowest BCUT2D eigenvalue weighted by atomic mass is 10.2. The predicted octanol–water partition coefficient (Wildman–Crippen LogP) is 1.43. The largest absolute Gasteiger partial charge is 0.389 e. The summed E-state index contributed by atoms with van der Waals surface area (Å²) in [4.78, 5) is -0.0478. The number of hydrogen-bond donors (Lipinski definition) is 2. The van der Waals surface area contributed by atoms with Gasteiger partial charge in [0, 0.05) is 12.1 Å². The smallest absolute Gasteiger partial charge is 0.150 e. The fourth-order valence-corrected chi connectivity index (χ4v) is 1.87. The Bertz CT molecular complexity index is 456. The fraction of sp³-hybridized carbons (Fsp3) is 0.417. The van der Waals surface area contributed by atoms with Crippen molar-refractivity contribution >= 4 is 22.9 Å². The van der Waals surface area contributed by atoms with Crippen LogP contribution in [0.25, 0.3) is 0 Å². The third kappa shape index (κ3) is 3.59. The van der Waals surface area contributed by atoms with E-state index in [1.165, 1.54) is 0 Å². The molecule has 0 saturated carbocycles. The molecule has 1 atom stereocenters. The lowest BCUT2D eigenvalue weighted by Crippen LogP contribution is -2.34. The second-order valence-corrected chi connectivity index (χ2v) is 4.57. The molecule has 1 heterocycles. The number of ether oxygens (including phenoxy) is 2. The maximum absolute atomic E-state index is 13.7. The molecule has 0 aliphatic carbocycles. The van der Waals surface area contributed by atoms with E-state index in [2.05, 4.69) is 17.5 Å². The highest BCUT2D eigenvalue weighted by molar-refractivity contribution is 7.80. The molecule has 1 aromatic rings. The van der Waals surface area contributed by atoms with Gasteiger partial charge in [0.25, 0.3) is 0 Å². The molecule has 1 saturated heterocycles. The summed E-state index contributed by atoms with van der Waals surface area (Å²) in [6, 6.07) is 2.21. The van der Waals surface area contributed by atoms with Gasteiger partial charge in [0.05, 0.1) is 25.9 Å². The van der Waals surface area contributed by atoms with Crippen LogP contribution in [0.2, 0.25) is 0 Å². The fourth-order valence-electron chi connectivity index (χ4n) is 1.75. The quantitative estimate of drug-likeness (QED) is 0.821. The van der Waals surface area contributed by atoms with Crippen LogP contribution in [0, 0.1) is 11.6 Å². The number of hydrogen-bond acceptors (Lipinski definition) is 4. The minimum atomic E-state index is -0.737. The van der Waals surface area contributed by atoms with Gasteiger partial charge in [-0.25, -0.2) is 8.78 Å². The molecule has 3 N–H and O–H groups in total. The molecule has 1 aliphatic heterocycles. The molecule has 1 aromatic carbocycles. The van der Waals surface area contributed by atoms with E-state index in [4.69, 9.17) is 15.2 Å². The normalized spacial score (nSPS) is 19.2. The summed E-state index contributed by atoms with van der Waals surface area (Å²) in [5, 5.41) is 2.68. The number of anilines is 1. The zero-order chi connectivity index (χ0) is 13.8. The average molecular weight is 288 g/mol. The van der Waals surface area contributed by atoms with E-state index in [0.717, 1.165) is 12.1 Å². The number of nitrogens with one attached hydrogen (secondary N) is 1. The Morgan fingerprint density at radius 3 is 2.58 bits per heavy atom. The number of thiocarbonyl (C=S) groups is 1. The van der Waals surface area contributed by atoms with E-state index >= 15 is 0 Å². The first-order chi connectivity index (χ1) is 9.08. The molecule has 0 radical (unpaired) electrons. The summed E-state index contributed by atoms with van der Waals surface area (Å²) in [7, 11) is 0. The molecule has 4 nitrogen and oxygen atoms in total. The van der Waals surface area contributed by atoms with Crippen molar-refractivity contribution in [2.75, 3.05) is 31.7 Å². The molecule has 0 aromatic heterocycles. The molecule has 2 rings (SSSR count). The van der Waals surface area contributed by atoms with Crippen LogP contribution >= 0.6 is 12.2 Å². The van der Waals surface area contributed by atoms with Crippen molar-refractivity contribution in [1.29, 1.82) is 0 Å². The second kappa shape index (κ2) is 6.23. The number of rotatable bonds is 4. The van der Waals surface area contributed by atoms with Crippen LogP contribution in [0.1, 0.15) is 5.56 Å². The first kappa shape index (κ1) is 14.1. The van der Waals surface area contributed by atoms with Crippen molar-refractivity contribution in [3.8, 4) is 0 Å². The van der Waals surface area contributed by atoms with Crippen LogP contribution < -0.4 is 11.1 Å². The molecule has 104 valence electrons. The van der Waals surface area contributed by atoms with Crippen molar-refractivity contribution < 1.29 is 18.3 Å². The number of benzene rings is 1. The van der Waals surface area contributed by atoms with Gasteiger partial charge in [-0.2, -0.15) is 0 Å². The highest BCUT2D eigenvalue weighted by Crippen LogP contribution is 2.21. The molecular formula is C12H14F2N2O2S. The Hall–Kier alpha value is -1.31. The third-order valence-corrected chi connectivity index (χ3v) is 2.95. The zero-order valence-electron chi connectivity index (χ0n) is 10.1. The summed E-state index contributed by atoms with van der Waals surface area (Å²) >= 11 is 4.68. The molecule has 1 aliphatic rings. The van der Waals surface area contributed by atoms with E-state index in [9.17, 15) is 8.78 Å². The Morgan fingerprint density at radius 1 is 1.37 bits per heavy atom. The molecular weight excluding hydrogens is 274 g/mol. The Morgan fingerprint density at radius 2 is 2.05 bits per heavy atom. The Balaban J connectivity index is 2.05. The number of nitrogens with two attached hydrogens (primary N) is 1. The summed E-state index contributed by atoms with van der Waals surface area (Å²) in [5.74, 6) is -1.47. The lowest BCUT2D eigenvalue weighted by molar-refractivity contribution is -0.0819. The highest BCUT2D eigenvalue weighted by Gasteiger charge is 2.17. The van der Waals surface area contributed by atoms with Gasteiger partial charge in [-0.3, -0.25) is 0 Å². The SMILES string of the molecule is NC(=S)c1cc(F)c(NCC2COCCO2)c(F)c1. The van der Waals surface area contributed by atoms with E-state index in [1.54, 1.807) is 0 Å². The van der Waals surface area contributed by atoms with E-state index in [0.29, 0.717) is 19.8 Å². The molecule has 0 amide bonds. The predicted molar refractivity (Wildman–Crippen MR) is 71.3 cm³/mol. The van der Waals surface area contributed by atoms with Crippen molar-refractivity contribution in [2.45, 2.75) is 6.10 Å². The first-order valence-electron chi connectivity index (χ1n) is 5.80. The molecule has 0 bridgehead atoms. The summed E-state index contributed by atoms with van der Waals surface area (Å²) in [6.45, 7) is 1.70. The standard InChI is InChI=1S/C12H14F2N2O2S/c13-9-3-7(12(15)19)4-10(14)11(9)16-5-8-6-17-1-2-18-8/h3-4,8,16H,1-2,5-6H2,(H2,15,19).